The quantitative estimate of drug-likeness (QED) is 0.773. The van der Waals surface area contributed by atoms with Crippen LogP contribution in [-0.2, 0) is 20.7 Å². The highest BCUT2D eigenvalue weighted by molar-refractivity contribution is 5.85. The summed E-state index contributed by atoms with van der Waals surface area (Å²) in [6.07, 6.45) is 2.36. The molecule has 2 rings (SSSR count). The maximum absolute atomic E-state index is 12.4. The molecular weight excluding hydrogens is 282 g/mol. The summed E-state index contributed by atoms with van der Waals surface area (Å²) < 4.78 is 4.63. The maximum atomic E-state index is 12.4. The monoisotopic (exact) mass is 305 g/mol. The lowest BCUT2D eigenvalue weighted by molar-refractivity contribution is -0.144. The summed E-state index contributed by atoms with van der Waals surface area (Å²) in [5.41, 5.74) is 1.24. The van der Waals surface area contributed by atoms with E-state index in [0.717, 1.165) is 12.8 Å². The van der Waals surface area contributed by atoms with Crippen LogP contribution in [0.5, 0.6) is 0 Å². The van der Waals surface area contributed by atoms with Gasteiger partial charge in [-0.1, -0.05) is 30.3 Å². The number of hydrogen-bond acceptors (Lipinski definition) is 4. The predicted molar refractivity (Wildman–Crippen MR) is 82.1 cm³/mol. The molecule has 1 heterocycles. The number of methoxy groups -OCH3 is 1. The summed E-state index contributed by atoms with van der Waals surface area (Å²) >= 11 is 0. The lowest BCUT2D eigenvalue weighted by Crippen LogP contribution is -2.37. The third kappa shape index (κ3) is 4.07. The predicted octanol–water partition coefficient (Wildman–Crippen LogP) is 1.39. The highest BCUT2D eigenvalue weighted by Crippen LogP contribution is 2.27. The Bertz CT molecular complexity index is 503. The number of rotatable bonds is 7. The molecule has 1 aromatic carbocycles. The normalized spacial score (nSPS) is 21.2. The SMILES string of the molecule is COC(=O)C[C@H]1C[C@@H](CO)N(CCCc2ccccc2)C1=O. The van der Waals surface area contributed by atoms with Crippen molar-refractivity contribution in [2.45, 2.75) is 31.7 Å². The molecule has 0 aromatic heterocycles. The van der Waals surface area contributed by atoms with Gasteiger partial charge in [-0.2, -0.15) is 0 Å². The van der Waals surface area contributed by atoms with E-state index in [9.17, 15) is 14.7 Å². The number of carbonyl (C=O) groups excluding carboxylic acids is 2. The van der Waals surface area contributed by atoms with Crippen LogP contribution >= 0.6 is 0 Å². The Balaban J connectivity index is 1.88. The molecule has 1 aromatic rings. The van der Waals surface area contributed by atoms with E-state index in [-0.39, 0.29) is 36.9 Å². The van der Waals surface area contributed by atoms with E-state index in [0.29, 0.717) is 13.0 Å². The van der Waals surface area contributed by atoms with Gasteiger partial charge in [0, 0.05) is 6.54 Å². The Labute approximate surface area is 130 Å². The topological polar surface area (TPSA) is 66.8 Å². The Morgan fingerprint density at radius 1 is 1.36 bits per heavy atom. The van der Waals surface area contributed by atoms with Crippen molar-refractivity contribution >= 4 is 11.9 Å². The molecule has 5 nitrogen and oxygen atoms in total. The van der Waals surface area contributed by atoms with Crippen molar-refractivity contribution in [3.63, 3.8) is 0 Å². The molecule has 1 fully saturated rings. The standard InChI is InChI=1S/C17H23NO4/c1-22-16(20)11-14-10-15(12-19)18(17(14)21)9-5-8-13-6-3-2-4-7-13/h2-4,6-7,14-15,19H,5,8-12H2,1H3/t14-,15+/m1/s1. The zero-order valence-corrected chi connectivity index (χ0v) is 12.9. The summed E-state index contributed by atoms with van der Waals surface area (Å²) in [6.45, 7) is 0.547. The Kier molecular flexibility index (Phi) is 5.95. The fraction of sp³-hybridized carbons (Fsp3) is 0.529. The first kappa shape index (κ1) is 16.5. The van der Waals surface area contributed by atoms with E-state index in [1.165, 1.54) is 12.7 Å². The molecule has 0 saturated carbocycles. The summed E-state index contributed by atoms with van der Waals surface area (Å²) in [6, 6.07) is 9.92. The Morgan fingerprint density at radius 2 is 2.09 bits per heavy atom. The number of nitrogens with zero attached hydrogens (tertiary/aromatic N) is 1. The van der Waals surface area contributed by atoms with Crippen LogP contribution < -0.4 is 0 Å². The first-order chi connectivity index (χ1) is 10.7. The van der Waals surface area contributed by atoms with Gasteiger partial charge in [0.2, 0.25) is 5.91 Å². The van der Waals surface area contributed by atoms with E-state index in [2.05, 4.69) is 16.9 Å². The van der Waals surface area contributed by atoms with Crippen molar-refractivity contribution in [1.29, 1.82) is 0 Å². The van der Waals surface area contributed by atoms with Gasteiger partial charge in [0.05, 0.1) is 32.1 Å². The molecule has 0 aliphatic carbocycles. The number of ether oxygens (including phenoxy) is 1. The summed E-state index contributed by atoms with van der Waals surface area (Å²) in [5, 5.41) is 9.47. The van der Waals surface area contributed by atoms with E-state index in [1.807, 2.05) is 18.2 Å². The van der Waals surface area contributed by atoms with Crippen molar-refractivity contribution in [3.8, 4) is 0 Å². The first-order valence-corrected chi connectivity index (χ1v) is 7.67. The van der Waals surface area contributed by atoms with Crippen LogP contribution in [-0.4, -0.2) is 48.2 Å². The van der Waals surface area contributed by atoms with Gasteiger partial charge in [-0.05, 0) is 24.8 Å². The average molecular weight is 305 g/mol. The molecule has 0 bridgehead atoms. The van der Waals surface area contributed by atoms with Crippen LogP contribution in [0.1, 0.15) is 24.8 Å². The van der Waals surface area contributed by atoms with Gasteiger partial charge >= 0.3 is 5.97 Å². The second-order valence-corrected chi connectivity index (χ2v) is 5.67. The second-order valence-electron chi connectivity index (χ2n) is 5.67. The number of aryl methyl sites for hydroxylation is 1. The molecule has 1 N–H and O–H groups in total. The molecule has 1 aliphatic rings. The van der Waals surface area contributed by atoms with Crippen LogP contribution in [0.15, 0.2) is 30.3 Å². The highest BCUT2D eigenvalue weighted by Gasteiger charge is 2.39. The van der Waals surface area contributed by atoms with Crippen LogP contribution in [0.4, 0.5) is 0 Å². The van der Waals surface area contributed by atoms with Crippen LogP contribution in [0.25, 0.3) is 0 Å². The number of amides is 1. The molecule has 0 spiro atoms. The number of hydrogen-bond donors (Lipinski definition) is 1. The summed E-state index contributed by atoms with van der Waals surface area (Å²) in [7, 11) is 1.32. The Morgan fingerprint density at radius 3 is 2.73 bits per heavy atom. The minimum Gasteiger partial charge on any atom is -0.469 e. The average Bonchev–Trinajstić information content (AvgIpc) is 2.84. The van der Waals surface area contributed by atoms with E-state index < -0.39 is 0 Å². The van der Waals surface area contributed by atoms with Gasteiger partial charge in [0.15, 0.2) is 0 Å². The number of likely N-dealkylation sites (tertiary alicyclic amines) is 1. The molecule has 1 aliphatic heterocycles. The number of esters is 1. The van der Waals surface area contributed by atoms with Gasteiger partial charge in [-0.3, -0.25) is 9.59 Å². The molecule has 1 amide bonds. The molecule has 5 heteroatoms. The summed E-state index contributed by atoms with van der Waals surface area (Å²) in [5.74, 6) is -0.778. The summed E-state index contributed by atoms with van der Waals surface area (Å²) in [4.78, 5) is 25.5. The minimum atomic E-state index is -0.374. The Hall–Kier alpha value is -1.88. The largest absolute Gasteiger partial charge is 0.469 e. The number of benzene rings is 1. The lowest BCUT2D eigenvalue weighted by Gasteiger charge is -2.23. The van der Waals surface area contributed by atoms with Crippen LogP contribution in [0.3, 0.4) is 0 Å². The van der Waals surface area contributed by atoms with E-state index in [1.54, 1.807) is 4.90 Å². The molecule has 0 radical (unpaired) electrons. The third-order valence-electron chi connectivity index (χ3n) is 4.19. The van der Waals surface area contributed by atoms with Gasteiger partial charge in [-0.25, -0.2) is 0 Å². The van der Waals surface area contributed by atoms with Crippen LogP contribution in [0, 0.1) is 5.92 Å². The molecule has 1 saturated heterocycles. The number of aliphatic hydroxyl groups is 1. The van der Waals surface area contributed by atoms with Crippen molar-refractivity contribution in [2.24, 2.45) is 5.92 Å². The zero-order valence-electron chi connectivity index (χ0n) is 12.9. The van der Waals surface area contributed by atoms with Crippen LogP contribution in [0.2, 0.25) is 0 Å². The van der Waals surface area contributed by atoms with Crippen molar-refractivity contribution in [3.05, 3.63) is 35.9 Å². The maximum Gasteiger partial charge on any atom is 0.306 e. The fourth-order valence-electron chi connectivity index (χ4n) is 2.99. The number of carbonyl (C=O) groups is 2. The molecule has 0 unspecified atom stereocenters. The van der Waals surface area contributed by atoms with Gasteiger partial charge in [0.1, 0.15) is 0 Å². The lowest BCUT2D eigenvalue weighted by atomic mass is 10.0. The fourth-order valence-corrected chi connectivity index (χ4v) is 2.99. The van der Waals surface area contributed by atoms with Gasteiger partial charge in [0.25, 0.3) is 0 Å². The highest BCUT2D eigenvalue weighted by atomic mass is 16.5. The van der Waals surface area contributed by atoms with Gasteiger partial charge < -0.3 is 14.7 Å². The first-order valence-electron chi connectivity index (χ1n) is 7.67. The minimum absolute atomic E-state index is 0.0440. The van der Waals surface area contributed by atoms with Crippen molar-refractivity contribution in [1.82, 2.24) is 4.90 Å². The molecule has 22 heavy (non-hydrogen) atoms. The zero-order chi connectivity index (χ0) is 15.9. The van der Waals surface area contributed by atoms with Gasteiger partial charge in [-0.15, -0.1) is 0 Å². The van der Waals surface area contributed by atoms with E-state index in [4.69, 9.17) is 0 Å². The smallest absolute Gasteiger partial charge is 0.306 e. The van der Waals surface area contributed by atoms with Crippen molar-refractivity contribution < 1.29 is 19.4 Å². The second kappa shape index (κ2) is 7.94. The third-order valence-corrected chi connectivity index (χ3v) is 4.19. The molecule has 120 valence electrons. The van der Waals surface area contributed by atoms with Crippen molar-refractivity contribution in [2.75, 3.05) is 20.3 Å². The molecular formula is C17H23NO4. The number of aliphatic hydroxyl groups excluding tert-OH is 1. The van der Waals surface area contributed by atoms with E-state index >= 15 is 0 Å². The molecule has 2 atom stereocenters.